The van der Waals surface area contributed by atoms with Gasteiger partial charge in [0, 0.05) is 13.5 Å². The maximum absolute atomic E-state index is 10.9. The van der Waals surface area contributed by atoms with Gasteiger partial charge in [-0.3, -0.25) is 4.79 Å². The third-order valence-corrected chi connectivity index (χ3v) is 2.47. The van der Waals surface area contributed by atoms with Crippen LogP contribution in [0.15, 0.2) is 0 Å². The highest BCUT2D eigenvalue weighted by molar-refractivity contribution is 5.75. The summed E-state index contributed by atoms with van der Waals surface area (Å²) in [6.45, 7) is 2.89. The highest BCUT2D eigenvalue weighted by atomic mass is 16.1. The Bertz CT molecular complexity index is 162. The van der Waals surface area contributed by atoms with Crippen LogP contribution in [0.25, 0.3) is 0 Å². The molecule has 0 aromatic rings. The van der Waals surface area contributed by atoms with Gasteiger partial charge in [-0.1, -0.05) is 6.42 Å². The Morgan fingerprint density at radius 3 is 2.47 bits per heavy atom. The van der Waals surface area contributed by atoms with Crippen molar-refractivity contribution in [1.29, 1.82) is 0 Å². The number of hydrogen-bond donors (Lipinski definition) is 2. The highest BCUT2D eigenvalue weighted by Crippen LogP contribution is 1.98. The highest BCUT2D eigenvalue weighted by Gasteiger charge is 2.01. The van der Waals surface area contributed by atoms with Crippen LogP contribution in [0.5, 0.6) is 0 Å². The molecule has 0 radical (unpaired) electrons. The minimum atomic E-state index is 0.131. The average molecular weight is 215 g/mol. The number of hydrogen-bond acceptors (Lipinski definition) is 3. The second-order valence-corrected chi connectivity index (χ2v) is 3.93. The Balaban J connectivity index is 3.25. The van der Waals surface area contributed by atoms with Crippen LogP contribution < -0.4 is 11.1 Å². The number of amides is 1. The van der Waals surface area contributed by atoms with Crippen molar-refractivity contribution in [2.24, 2.45) is 5.73 Å². The van der Waals surface area contributed by atoms with Crippen LogP contribution in [0, 0.1) is 0 Å². The lowest BCUT2D eigenvalue weighted by atomic mass is 10.2. The molecular formula is C11H25N3O. The van der Waals surface area contributed by atoms with E-state index in [1.54, 1.807) is 7.05 Å². The minimum absolute atomic E-state index is 0.131. The van der Waals surface area contributed by atoms with E-state index in [0.717, 1.165) is 32.5 Å². The molecule has 15 heavy (non-hydrogen) atoms. The van der Waals surface area contributed by atoms with Crippen molar-refractivity contribution in [3.05, 3.63) is 0 Å². The van der Waals surface area contributed by atoms with Crippen molar-refractivity contribution >= 4 is 5.91 Å². The third-order valence-electron chi connectivity index (χ3n) is 2.47. The third kappa shape index (κ3) is 9.69. The monoisotopic (exact) mass is 215 g/mol. The summed E-state index contributed by atoms with van der Waals surface area (Å²) in [5, 5.41) is 2.63. The van der Waals surface area contributed by atoms with Crippen LogP contribution in [-0.2, 0) is 4.79 Å². The average Bonchev–Trinajstić information content (AvgIpc) is 2.24. The number of nitrogens with one attached hydrogen (secondary N) is 1. The molecule has 0 aromatic carbocycles. The first-order valence-electron chi connectivity index (χ1n) is 5.80. The normalized spacial score (nSPS) is 10.7. The molecule has 0 aliphatic heterocycles. The largest absolute Gasteiger partial charge is 0.359 e. The van der Waals surface area contributed by atoms with Crippen molar-refractivity contribution in [3.8, 4) is 0 Å². The molecule has 4 heteroatoms. The lowest BCUT2D eigenvalue weighted by Crippen LogP contribution is -2.24. The predicted molar refractivity (Wildman–Crippen MR) is 63.7 cm³/mol. The first-order chi connectivity index (χ1) is 7.20. The fourth-order valence-corrected chi connectivity index (χ4v) is 1.45. The van der Waals surface area contributed by atoms with Crippen LogP contribution in [-0.4, -0.2) is 44.5 Å². The number of carbonyl (C=O) groups is 1. The SMILES string of the molecule is CNC(=O)CCCN(C)CCCCCN. The number of carbonyl (C=O) groups excluding carboxylic acids is 1. The molecule has 0 saturated heterocycles. The molecule has 0 heterocycles. The smallest absolute Gasteiger partial charge is 0.219 e. The molecule has 0 saturated carbocycles. The zero-order valence-electron chi connectivity index (χ0n) is 10.1. The van der Waals surface area contributed by atoms with Crippen LogP contribution in [0.4, 0.5) is 0 Å². The van der Waals surface area contributed by atoms with E-state index in [-0.39, 0.29) is 5.91 Å². The van der Waals surface area contributed by atoms with Crippen molar-refractivity contribution in [2.45, 2.75) is 32.1 Å². The standard InChI is InChI=1S/C11H25N3O/c1-13-11(15)7-6-10-14(2)9-5-3-4-8-12/h3-10,12H2,1-2H3,(H,13,15). The summed E-state index contributed by atoms with van der Waals surface area (Å²) >= 11 is 0. The number of rotatable bonds is 9. The van der Waals surface area contributed by atoms with Gasteiger partial charge in [-0.25, -0.2) is 0 Å². The molecule has 1 amide bonds. The fourth-order valence-electron chi connectivity index (χ4n) is 1.45. The fraction of sp³-hybridized carbons (Fsp3) is 0.909. The van der Waals surface area contributed by atoms with Gasteiger partial charge in [0.15, 0.2) is 0 Å². The summed E-state index contributed by atoms with van der Waals surface area (Å²) in [7, 11) is 3.78. The molecule has 0 aromatic heterocycles. The molecule has 3 N–H and O–H groups in total. The van der Waals surface area contributed by atoms with Crippen LogP contribution in [0.1, 0.15) is 32.1 Å². The first-order valence-corrected chi connectivity index (χ1v) is 5.80. The lowest BCUT2D eigenvalue weighted by Gasteiger charge is -2.15. The summed E-state index contributed by atoms with van der Waals surface area (Å²) in [6.07, 6.45) is 5.09. The van der Waals surface area contributed by atoms with E-state index in [4.69, 9.17) is 5.73 Å². The Labute approximate surface area is 93.2 Å². The molecule has 0 aliphatic carbocycles. The maximum Gasteiger partial charge on any atom is 0.219 e. The summed E-state index contributed by atoms with van der Waals surface area (Å²) in [4.78, 5) is 13.2. The Morgan fingerprint density at radius 1 is 1.20 bits per heavy atom. The van der Waals surface area contributed by atoms with Crippen molar-refractivity contribution in [3.63, 3.8) is 0 Å². The lowest BCUT2D eigenvalue weighted by molar-refractivity contribution is -0.120. The van der Waals surface area contributed by atoms with Crippen molar-refractivity contribution in [2.75, 3.05) is 33.7 Å². The zero-order valence-corrected chi connectivity index (χ0v) is 10.1. The number of nitrogens with two attached hydrogens (primary N) is 1. The van der Waals surface area contributed by atoms with Gasteiger partial charge >= 0.3 is 0 Å². The quantitative estimate of drug-likeness (QED) is 0.553. The first kappa shape index (κ1) is 14.4. The molecule has 0 rings (SSSR count). The van der Waals surface area contributed by atoms with E-state index >= 15 is 0 Å². The van der Waals surface area contributed by atoms with Crippen molar-refractivity contribution in [1.82, 2.24) is 10.2 Å². The molecule has 0 unspecified atom stereocenters. The predicted octanol–water partition coefficient (Wildman–Crippen LogP) is 0.573. The van der Waals surface area contributed by atoms with E-state index in [1.807, 2.05) is 0 Å². The van der Waals surface area contributed by atoms with Crippen LogP contribution in [0.2, 0.25) is 0 Å². The second kappa shape index (κ2) is 9.93. The topological polar surface area (TPSA) is 58.4 Å². The molecule has 0 spiro atoms. The van der Waals surface area contributed by atoms with Gasteiger partial charge in [-0.15, -0.1) is 0 Å². The van der Waals surface area contributed by atoms with E-state index in [2.05, 4.69) is 17.3 Å². The van der Waals surface area contributed by atoms with Crippen LogP contribution >= 0.6 is 0 Å². The van der Waals surface area contributed by atoms with E-state index in [1.165, 1.54) is 12.8 Å². The summed E-state index contributed by atoms with van der Waals surface area (Å²) < 4.78 is 0. The number of nitrogens with zero attached hydrogens (tertiary/aromatic N) is 1. The minimum Gasteiger partial charge on any atom is -0.359 e. The maximum atomic E-state index is 10.9. The van der Waals surface area contributed by atoms with Gasteiger partial charge in [-0.05, 0) is 45.9 Å². The van der Waals surface area contributed by atoms with E-state index < -0.39 is 0 Å². The molecule has 0 atom stereocenters. The second-order valence-electron chi connectivity index (χ2n) is 3.93. The molecule has 4 nitrogen and oxygen atoms in total. The molecule has 90 valence electrons. The van der Waals surface area contributed by atoms with Gasteiger partial charge in [0.1, 0.15) is 0 Å². The Morgan fingerprint density at radius 2 is 1.87 bits per heavy atom. The van der Waals surface area contributed by atoms with Gasteiger partial charge in [0.05, 0.1) is 0 Å². The summed E-state index contributed by atoms with van der Waals surface area (Å²) in [5.41, 5.74) is 5.42. The molecule has 0 fully saturated rings. The molecule has 0 bridgehead atoms. The molecular weight excluding hydrogens is 190 g/mol. The van der Waals surface area contributed by atoms with Crippen LogP contribution in [0.3, 0.4) is 0 Å². The van der Waals surface area contributed by atoms with E-state index in [0.29, 0.717) is 6.42 Å². The van der Waals surface area contributed by atoms with Gasteiger partial charge in [0.2, 0.25) is 5.91 Å². The summed E-state index contributed by atoms with van der Waals surface area (Å²) in [6, 6.07) is 0. The van der Waals surface area contributed by atoms with Gasteiger partial charge < -0.3 is 16.0 Å². The van der Waals surface area contributed by atoms with Crippen molar-refractivity contribution < 1.29 is 4.79 Å². The summed E-state index contributed by atoms with van der Waals surface area (Å²) in [5.74, 6) is 0.131. The van der Waals surface area contributed by atoms with Gasteiger partial charge in [0.25, 0.3) is 0 Å². The van der Waals surface area contributed by atoms with Gasteiger partial charge in [-0.2, -0.15) is 0 Å². The number of unbranched alkanes of at least 4 members (excludes halogenated alkanes) is 2. The van der Waals surface area contributed by atoms with E-state index in [9.17, 15) is 4.79 Å². The Hall–Kier alpha value is -0.610. The Kier molecular flexibility index (Phi) is 9.52. The molecule has 0 aliphatic rings. The zero-order chi connectivity index (χ0) is 11.5.